The zero-order valence-electron chi connectivity index (χ0n) is 16.7. The largest absolute Gasteiger partial charge is 0.497 e. The van der Waals surface area contributed by atoms with Crippen molar-refractivity contribution in [3.63, 3.8) is 0 Å². The molecule has 0 radical (unpaired) electrons. The Labute approximate surface area is 180 Å². The average molecular weight is 445 g/mol. The van der Waals surface area contributed by atoms with Crippen LogP contribution in [-0.4, -0.2) is 21.4 Å². The minimum Gasteiger partial charge on any atom is -0.497 e. The van der Waals surface area contributed by atoms with Crippen molar-refractivity contribution < 1.29 is 17.9 Å². The van der Waals surface area contributed by atoms with Gasteiger partial charge in [-0.3, -0.25) is 9.52 Å². The van der Waals surface area contributed by atoms with Crippen molar-refractivity contribution in [1.29, 1.82) is 0 Å². The number of ether oxygens (including phenoxy) is 1. The first-order valence-corrected chi connectivity index (χ1v) is 10.9. The number of nitrogens with one attached hydrogen (secondary N) is 2. The fourth-order valence-corrected chi connectivity index (χ4v) is 4.47. The van der Waals surface area contributed by atoms with Crippen LogP contribution >= 0.6 is 11.6 Å². The predicted octanol–water partition coefficient (Wildman–Crippen LogP) is 5.02. The number of sulfonamides is 1. The van der Waals surface area contributed by atoms with Crippen molar-refractivity contribution in [2.45, 2.75) is 18.7 Å². The summed E-state index contributed by atoms with van der Waals surface area (Å²) in [5.41, 5.74) is 2.89. The van der Waals surface area contributed by atoms with Gasteiger partial charge in [0.15, 0.2) is 0 Å². The number of carbonyl (C=O) groups is 1. The summed E-state index contributed by atoms with van der Waals surface area (Å²) >= 11 is 6.16. The van der Waals surface area contributed by atoms with Gasteiger partial charge < -0.3 is 10.1 Å². The summed E-state index contributed by atoms with van der Waals surface area (Å²) in [6.07, 6.45) is 0. The Kier molecular flexibility index (Phi) is 6.34. The molecule has 0 aliphatic heterocycles. The lowest BCUT2D eigenvalue weighted by molar-refractivity contribution is 0.102. The molecule has 156 valence electrons. The highest BCUT2D eigenvalue weighted by atomic mass is 35.5. The zero-order chi connectivity index (χ0) is 21.9. The van der Waals surface area contributed by atoms with E-state index in [9.17, 15) is 13.2 Å². The number of halogens is 1. The van der Waals surface area contributed by atoms with Crippen molar-refractivity contribution in [2.75, 3.05) is 17.1 Å². The molecule has 30 heavy (non-hydrogen) atoms. The van der Waals surface area contributed by atoms with E-state index in [1.54, 1.807) is 36.4 Å². The lowest BCUT2D eigenvalue weighted by Crippen LogP contribution is -2.17. The average Bonchev–Trinajstić information content (AvgIpc) is 2.71. The number of amides is 1. The molecule has 0 aromatic heterocycles. The van der Waals surface area contributed by atoms with E-state index in [4.69, 9.17) is 16.3 Å². The van der Waals surface area contributed by atoms with Crippen LogP contribution in [0.15, 0.2) is 65.6 Å². The molecule has 8 heteroatoms. The Bertz CT molecular complexity index is 1210. The molecule has 0 saturated heterocycles. The molecule has 0 bridgehead atoms. The summed E-state index contributed by atoms with van der Waals surface area (Å²) in [5, 5.41) is 2.74. The molecule has 0 atom stereocenters. The Morgan fingerprint density at radius 3 is 2.47 bits per heavy atom. The van der Waals surface area contributed by atoms with Crippen LogP contribution in [0.25, 0.3) is 0 Å². The molecule has 0 spiro atoms. The van der Waals surface area contributed by atoms with Gasteiger partial charge in [-0.25, -0.2) is 8.42 Å². The maximum atomic E-state index is 13.0. The lowest BCUT2D eigenvalue weighted by atomic mass is 10.1. The number of hydrogen-bond acceptors (Lipinski definition) is 4. The molecule has 6 nitrogen and oxygen atoms in total. The van der Waals surface area contributed by atoms with E-state index in [0.29, 0.717) is 17.1 Å². The molecule has 3 rings (SSSR count). The van der Waals surface area contributed by atoms with Crippen LogP contribution < -0.4 is 14.8 Å². The van der Waals surface area contributed by atoms with Crippen molar-refractivity contribution in [3.8, 4) is 5.75 Å². The van der Waals surface area contributed by atoms with Crippen molar-refractivity contribution in [1.82, 2.24) is 0 Å². The van der Waals surface area contributed by atoms with E-state index in [0.717, 1.165) is 11.1 Å². The standard InChI is InChI=1S/C22H21ClN2O4S/c1-14-6-4-9-20(15(14)2)25-30(27,28)21-12-16(10-11-19(21)23)22(26)24-17-7-5-8-18(13-17)29-3/h4-13,25H,1-3H3,(H,24,26). The fraction of sp³-hybridized carbons (Fsp3) is 0.136. The first kappa shape index (κ1) is 21.7. The first-order chi connectivity index (χ1) is 14.2. The third-order valence-corrected chi connectivity index (χ3v) is 6.51. The molecule has 3 aromatic carbocycles. The second-order valence-corrected chi connectivity index (χ2v) is 8.74. The molecule has 0 saturated carbocycles. The molecule has 0 unspecified atom stereocenters. The van der Waals surface area contributed by atoms with Crippen molar-refractivity contribution in [3.05, 3.63) is 82.4 Å². The Hall–Kier alpha value is -3.03. The van der Waals surface area contributed by atoms with Crippen LogP contribution in [0.1, 0.15) is 21.5 Å². The smallest absolute Gasteiger partial charge is 0.263 e. The van der Waals surface area contributed by atoms with Crippen LogP contribution in [0.2, 0.25) is 5.02 Å². The summed E-state index contributed by atoms with van der Waals surface area (Å²) in [5.74, 6) is 0.119. The second-order valence-electron chi connectivity index (χ2n) is 6.68. The molecule has 3 aromatic rings. The number of benzene rings is 3. The molecular formula is C22H21ClN2O4S. The number of aryl methyl sites for hydroxylation is 1. The highest BCUT2D eigenvalue weighted by molar-refractivity contribution is 7.92. The third-order valence-electron chi connectivity index (χ3n) is 4.66. The van der Waals surface area contributed by atoms with Crippen molar-refractivity contribution in [2.24, 2.45) is 0 Å². The van der Waals surface area contributed by atoms with Crippen LogP contribution in [0, 0.1) is 13.8 Å². The number of rotatable bonds is 6. The number of hydrogen-bond donors (Lipinski definition) is 2. The quantitative estimate of drug-likeness (QED) is 0.559. The van der Waals surface area contributed by atoms with Crippen molar-refractivity contribution >= 4 is 38.9 Å². The molecular weight excluding hydrogens is 424 g/mol. The lowest BCUT2D eigenvalue weighted by Gasteiger charge is -2.14. The number of anilines is 2. The van der Waals surface area contributed by atoms with E-state index >= 15 is 0 Å². The van der Waals surface area contributed by atoms with E-state index in [-0.39, 0.29) is 15.5 Å². The summed E-state index contributed by atoms with van der Waals surface area (Å²) in [6, 6.07) is 16.3. The number of methoxy groups -OCH3 is 1. The van der Waals surface area contributed by atoms with E-state index in [2.05, 4.69) is 10.0 Å². The van der Waals surface area contributed by atoms with Gasteiger partial charge in [-0.1, -0.05) is 29.8 Å². The zero-order valence-corrected chi connectivity index (χ0v) is 18.3. The molecule has 0 heterocycles. The van der Waals surface area contributed by atoms with Crippen LogP contribution in [0.3, 0.4) is 0 Å². The predicted molar refractivity (Wildman–Crippen MR) is 119 cm³/mol. The minimum absolute atomic E-state index is 0.0192. The van der Waals surface area contributed by atoms with E-state index in [1.165, 1.54) is 25.3 Å². The summed E-state index contributed by atoms with van der Waals surface area (Å²) in [7, 11) is -2.48. The monoisotopic (exact) mass is 444 g/mol. The maximum absolute atomic E-state index is 13.0. The van der Waals surface area contributed by atoms with Crippen LogP contribution in [-0.2, 0) is 10.0 Å². The van der Waals surface area contributed by atoms with Gasteiger partial charge in [-0.15, -0.1) is 0 Å². The molecule has 0 aliphatic rings. The highest BCUT2D eigenvalue weighted by Crippen LogP contribution is 2.27. The Morgan fingerprint density at radius 1 is 1.00 bits per heavy atom. The SMILES string of the molecule is COc1cccc(NC(=O)c2ccc(Cl)c(S(=O)(=O)Nc3cccc(C)c3C)c2)c1. The Morgan fingerprint density at radius 2 is 1.73 bits per heavy atom. The Balaban J connectivity index is 1.90. The molecule has 0 fully saturated rings. The topological polar surface area (TPSA) is 84.5 Å². The van der Waals surface area contributed by atoms with E-state index in [1.807, 2.05) is 19.9 Å². The molecule has 2 N–H and O–H groups in total. The summed E-state index contributed by atoms with van der Waals surface area (Å²) < 4.78 is 33.6. The van der Waals surface area contributed by atoms with Gasteiger partial charge in [-0.05, 0) is 61.4 Å². The summed E-state index contributed by atoms with van der Waals surface area (Å²) in [4.78, 5) is 12.5. The van der Waals surface area contributed by atoms with Gasteiger partial charge in [0.2, 0.25) is 0 Å². The normalized spacial score (nSPS) is 11.1. The van der Waals surface area contributed by atoms with Gasteiger partial charge >= 0.3 is 0 Å². The van der Waals surface area contributed by atoms with E-state index < -0.39 is 15.9 Å². The second kappa shape index (κ2) is 8.77. The summed E-state index contributed by atoms with van der Waals surface area (Å²) in [6.45, 7) is 3.72. The van der Waals surface area contributed by atoms with Gasteiger partial charge in [-0.2, -0.15) is 0 Å². The first-order valence-electron chi connectivity index (χ1n) is 9.05. The van der Waals surface area contributed by atoms with Gasteiger partial charge in [0.05, 0.1) is 17.8 Å². The minimum atomic E-state index is -4.00. The third kappa shape index (κ3) is 4.75. The molecule has 1 amide bonds. The highest BCUT2D eigenvalue weighted by Gasteiger charge is 2.21. The number of carbonyl (C=O) groups excluding carboxylic acids is 1. The van der Waals surface area contributed by atoms with Crippen LogP contribution in [0.5, 0.6) is 5.75 Å². The van der Waals surface area contributed by atoms with Gasteiger partial charge in [0.25, 0.3) is 15.9 Å². The van der Waals surface area contributed by atoms with Crippen LogP contribution in [0.4, 0.5) is 11.4 Å². The maximum Gasteiger partial charge on any atom is 0.263 e. The fourth-order valence-electron chi connectivity index (χ4n) is 2.82. The van der Waals surface area contributed by atoms with Gasteiger partial charge in [0.1, 0.15) is 10.6 Å². The molecule has 0 aliphatic carbocycles. The van der Waals surface area contributed by atoms with Gasteiger partial charge in [0, 0.05) is 17.3 Å².